The molecule has 5 nitrogen and oxygen atoms in total. The van der Waals surface area contributed by atoms with Crippen LogP contribution in [0.1, 0.15) is 12.0 Å². The second-order valence-corrected chi connectivity index (χ2v) is 6.58. The van der Waals surface area contributed by atoms with Crippen molar-refractivity contribution in [1.29, 1.82) is 0 Å². The van der Waals surface area contributed by atoms with Gasteiger partial charge in [-0.15, -0.1) is 0 Å². The molecule has 2 heterocycles. The van der Waals surface area contributed by atoms with Crippen LogP contribution in [0.2, 0.25) is 0 Å². The number of nitrogens with zero attached hydrogens (tertiary/aromatic N) is 2. The summed E-state index contributed by atoms with van der Waals surface area (Å²) in [4.78, 5) is 16.0. The molecule has 0 aliphatic carbocycles. The van der Waals surface area contributed by atoms with Crippen LogP contribution < -0.4 is 4.74 Å². The molecule has 0 atom stereocenters. The summed E-state index contributed by atoms with van der Waals surface area (Å²) in [5.41, 5.74) is 2.17. The van der Waals surface area contributed by atoms with Crippen LogP contribution in [-0.4, -0.2) is 68.8 Å². The summed E-state index contributed by atoms with van der Waals surface area (Å²) < 4.78 is 10.8. The third kappa shape index (κ3) is 5.08. The normalized spacial score (nSPS) is 19.2. The number of carbonyl (C=O) groups is 1. The van der Waals surface area contributed by atoms with Gasteiger partial charge in [-0.05, 0) is 43.2 Å². The van der Waals surface area contributed by atoms with Gasteiger partial charge < -0.3 is 19.3 Å². The Morgan fingerprint density at radius 1 is 1.21 bits per heavy atom. The van der Waals surface area contributed by atoms with E-state index in [1.54, 1.807) is 6.08 Å². The SMILES string of the molecule is CN1CCN(CCCOc2cccc(CC3=CC(=O)OC3)c2)CC1. The maximum atomic E-state index is 11.1. The topological polar surface area (TPSA) is 42.0 Å². The molecule has 0 amide bonds. The van der Waals surface area contributed by atoms with Crippen molar-refractivity contribution in [2.45, 2.75) is 12.8 Å². The van der Waals surface area contributed by atoms with E-state index in [-0.39, 0.29) is 5.97 Å². The first-order valence-electron chi connectivity index (χ1n) is 8.68. The number of carbonyl (C=O) groups excluding carboxylic acids is 1. The minimum atomic E-state index is -0.235. The molecule has 1 saturated heterocycles. The molecule has 0 bridgehead atoms. The number of benzene rings is 1. The Labute approximate surface area is 143 Å². The van der Waals surface area contributed by atoms with Crippen molar-refractivity contribution in [2.75, 3.05) is 53.0 Å². The van der Waals surface area contributed by atoms with E-state index in [1.807, 2.05) is 12.1 Å². The predicted octanol–water partition coefficient (Wildman–Crippen LogP) is 1.73. The van der Waals surface area contributed by atoms with Gasteiger partial charge in [0.25, 0.3) is 0 Å². The minimum Gasteiger partial charge on any atom is -0.494 e. The van der Waals surface area contributed by atoms with Gasteiger partial charge in [0.05, 0.1) is 6.61 Å². The maximum Gasteiger partial charge on any atom is 0.331 e. The molecular weight excluding hydrogens is 304 g/mol. The van der Waals surface area contributed by atoms with Crippen LogP contribution in [0.4, 0.5) is 0 Å². The van der Waals surface area contributed by atoms with Crippen LogP contribution in [0.25, 0.3) is 0 Å². The number of cyclic esters (lactones) is 1. The molecule has 1 fully saturated rings. The van der Waals surface area contributed by atoms with E-state index in [2.05, 4.69) is 29.0 Å². The number of ether oxygens (including phenoxy) is 2. The van der Waals surface area contributed by atoms with Gasteiger partial charge in [0.2, 0.25) is 0 Å². The second kappa shape index (κ2) is 8.31. The molecule has 3 rings (SSSR count). The third-order valence-electron chi connectivity index (χ3n) is 4.53. The number of esters is 1. The largest absolute Gasteiger partial charge is 0.494 e. The Bertz CT molecular complexity index is 592. The van der Waals surface area contributed by atoms with Crippen LogP contribution in [0.15, 0.2) is 35.9 Å². The highest BCUT2D eigenvalue weighted by molar-refractivity contribution is 5.85. The molecule has 0 radical (unpaired) electrons. The summed E-state index contributed by atoms with van der Waals surface area (Å²) in [7, 11) is 2.18. The Morgan fingerprint density at radius 2 is 2.04 bits per heavy atom. The lowest BCUT2D eigenvalue weighted by Gasteiger charge is -2.32. The van der Waals surface area contributed by atoms with Gasteiger partial charge in [-0.3, -0.25) is 0 Å². The van der Waals surface area contributed by atoms with Gasteiger partial charge >= 0.3 is 5.97 Å². The van der Waals surface area contributed by atoms with Crippen molar-refractivity contribution in [3.05, 3.63) is 41.5 Å². The first kappa shape index (κ1) is 17.0. The Morgan fingerprint density at radius 3 is 2.79 bits per heavy atom. The third-order valence-corrected chi connectivity index (χ3v) is 4.53. The maximum absolute atomic E-state index is 11.1. The summed E-state index contributed by atoms with van der Waals surface area (Å²) in [5, 5.41) is 0. The highest BCUT2D eigenvalue weighted by atomic mass is 16.5. The zero-order valence-corrected chi connectivity index (χ0v) is 14.4. The van der Waals surface area contributed by atoms with Crippen LogP contribution in [0.3, 0.4) is 0 Å². The molecule has 24 heavy (non-hydrogen) atoms. The number of hydrogen-bond donors (Lipinski definition) is 0. The fourth-order valence-electron chi connectivity index (χ4n) is 3.07. The smallest absolute Gasteiger partial charge is 0.331 e. The number of rotatable bonds is 7. The molecule has 0 N–H and O–H groups in total. The molecule has 0 unspecified atom stereocenters. The molecule has 130 valence electrons. The van der Waals surface area contributed by atoms with E-state index in [9.17, 15) is 4.79 Å². The van der Waals surface area contributed by atoms with Crippen molar-refractivity contribution in [2.24, 2.45) is 0 Å². The first-order valence-corrected chi connectivity index (χ1v) is 8.68. The molecular formula is C19H26N2O3. The van der Waals surface area contributed by atoms with Gasteiger partial charge in [-0.1, -0.05) is 12.1 Å². The first-order chi connectivity index (χ1) is 11.7. The number of hydrogen-bond acceptors (Lipinski definition) is 5. The highest BCUT2D eigenvalue weighted by Crippen LogP contribution is 2.18. The second-order valence-electron chi connectivity index (χ2n) is 6.58. The number of piperazine rings is 1. The van der Waals surface area contributed by atoms with Crippen molar-refractivity contribution >= 4 is 5.97 Å². The van der Waals surface area contributed by atoms with Gasteiger partial charge in [0.1, 0.15) is 12.4 Å². The fourth-order valence-corrected chi connectivity index (χ4v) is 3.07. The zero-order valence-electron chi connectivity index (χ0n) is 14.4. The van der Waals surface area contributed by atoms with Crippen molar-refractivity contribution in [3.8, 4) is 5.75 Å². The quantitative estimate of drug-likeness (QED) is 0.563. The molecule has 2 aliphatic rings. The lowest BCUT2D eigenvalue weighted by molar-refractivity contribution is -0.134. The van der Waals surface area contributed by atoms with Crippen LogP contribution in [-0.2, 0) is 16.0 Å². The lowest BCUT2D eigenvalue weighted by Crippen LogP contribution is -2.44. The molecule has 1 aromatic carbocycles. The van der Waals surface area contributed by atoms with Crippen molar-refractivity contribution in [1.82, 2.24) is 9.80 Å². The fraction of sp³-hybridized carbons (Fsp3) is 0.526. The molecule has 2 aliphatic heterocycles. The zero-order chi connectivity index (χ0) is 16.8. The summed E-state index contributed by atoms with van der Waals surface area (Å²) >= 11 is 0. The standard InChI is InChI=1S/C19H26N2O3/c1-20-7-9-21(10-8-20)6-3-11-23-18-5-2-4-16(13-18)12-17-14-19(22)24-15-17/h2,4-5,13-14H,3,6-12,15H2,1H3. The molecule has 5 heteroatoms. The summed E-state index contributed by atoms with van der Waals surface area (Å²) in [6.07, 6.45) is 3.37. The van der Waals surface area contributed by atoms with Crippen molar-refractivity contribution < 1.29 is 14.3 Å². The summed E-state index contributed by atoms with van der Waals surface area (Å²) in [6, 6.07) is 8.10. The van der Waals surface area contributed by atoms with Gasteiger partial charge in [0.15, 0.2) is 0 Å². The van der Waals surface area contributed by atoms with Crippen LogP contribution in [0.5, 0.6) is 5.75 Å². The highest BCUT2D eigenvalue weighted by Gasteiger charge is 2.14. The molecule has 0 aromatic heterocycles. The Balaban J connectivity index is 1.40. The van der Waals surface area contributed by atoms with Gasteiger partial charge in [0, 0.05) is 38.8 Å². The van der Waals surface area contributed by atoms with E-state index in [4.69, 9.17) is 9.47 Å². The lowest BCUT2D eigenvalue weighted by atomic mass is 10.1. The van der Waals surface area contributed by atoms with Gasteiger partial charge in [-0.2, -0.15) is 0 Å². The van der Waals surface area contributed by atoms with Crippen LogP contribution in [0, 0.1) is 0 Å². The number of likely N-dealkylation sites (N-methyl/N-ethyl adjacent to an activating group) is 1. The molecule has 0 saturated carbocycles. The molecule has 0 spiro atoms. The monoisotopic (exact) mass is 330 g/mol. The average molecular weight is 330 g/mol. The summed E-state index contributed by atoms with van der Waals surface area (Å²) in [5.74, 6) is 0.665. The minimum absolute atomic E-state index is 0.235. The Hall–Kier alpha value is -1.85. The van der Waals surface area contributed by atoms with E-state index < -0.39 is 0 Å². The van der Waals surface area contributed by atoms with Gasteiger partial charge in [-0.25, -0.2) is 4.79 Å². The predicted molar refractivity (Wildman–Crippen MR) is 93.2 cm³/mol. The Kier molecular flexibility index (Phi) is 5.88. The van der Waals surface area contributed by atoms with E-state index >= 15 is 0 Å². The van der Waals surface area contributed by atoms with Crippen molar-refractivity contribution in [3.63, 3.8) is 0 Å². The van der Waals surface area contributed by atoms with E-state index in [1.165, 1.54) is 0 Å². The molecule has 1 aromatic rings. The van der Waals surface area contributed by atoms with E-state index in [0.717, 1.165) is 69.1 Å². The average Bonchev–Trinajstić information content (AvgIpc) is 2.98. The summed E-state index contributed by atoms with van der Waals surface area (Å²) in [6.45, 7) is 6.87. The van der Waals surface area contributed by atoms with Crippen LogP contribution >= 0.6 is 0 Å². The van der Waals surface area contributed by atoms with E-state index in [0.29, 0.717) is 6.61 Å².